The number of carboxylic acid groups (broad SMARTS) is 1. The molecule has 0 aliphatic heterocycles. The van der Waals surface area contributed by atoms with Crippen molar-refractivity contribution in [2.24, 2.45) is 0 Å². The Labute approximate surface area is 295 Å². The van der Waals surface area contributed by atoms with Crippen molar-refractivity contribution in [3.8, 4) is 0 Å². The van der Waals surface area contributed by atoms with Gasteiger partial charge in [0.15, 0.2) is 0 Å². The van der Waals surface area contributed by atoms with Crippen LogP contribution in [0, 0.1) is 10.1 Å². The highest BCUT2D eigenvalue weighted by Crippen LogP contribution is 2.37. The van der Waals surface area contributed by atoms with Crippen LogP contribution in [0.5, 0.6) is 0 Å². The molecule has 1 unspecified atom stereocenters. The van der Waals surface area contributed by atoms with Gasteiger partial charge in [-0.3, -0.25) is 24.5 Å². The summed E-state index contributed by atoms with van der Waals surface area (Å²) in [6.07, 6.45) is 1.40. The van der Waals surface area contributed by atoms with E-state index in [1.165, 1.54) is 60.3 Å². The number of hydrogen-bond donors (Lipinski definition) is 4. The number of hydrogen-bond acceptors (Lipinski definition) is 7. The van der Waals surface area contributed by atoms with E-state index in [-0.39, 0.29) is 27.7 Å². The van der Waals surface area contributed by atoms with Crippen LogP contribution >= 0.6 is 23.4 Å². The molecule has 11 nitrogen and oxygen atoms in total. The second-order valence-corrected chi connectivity index (χ2v) is 12.2. The number of amides is 3. The number of carboxylic acids is 1. The lowest BCUT2D eigenvalue weighted by atomic mass is 10.1. The molecular weight excluding hydrogens is 680 g/mol. The van der Waals surface area contributed by atoms with Crippen molar-refractivity contribution in [2.45, 2.75) is 10.1 Å². The zero-order valence-electron chi connectivity index (χ0n) is 25.9. The topological polar surface area (TPSA) is 168 Å². The third-order valence-electron chi connectivity index (χ3n) is 7.09. The highest BCUT2D eigenvalue weighted by atomic mass is 35.5. The molecule has 50 heavy (non-hydrogen) atoms. The molecule has 5 aromatic carbocycles. The number of nitro groups is 1. The molecule has 4 N–H and O–H groups in total. The molecule has 0 aliphatic carbocycles. The molecule has 5 aromatic rings. The molecule has 5 rings (SSSR count). The van der Waals surface area contributed by atoms with Gasteiger partial charge in [0, 0.05) is 34.0 Å². The van der Waals surface area contributed by atoms with Gasteiger partial charge >= 0.3 is 5.97 Å². The minimum Gasteiger partial charge on any atom is -0.478 e. The van der Waals surface area contributed by atoms with E-state index in [2.05, 4.69) is 16.0 Å². The van der Waals surface area contributed by atoms with Crippen LogP contribution in [-0.2, 0) is 9.59 Å². The molecule has 1 atom stereocenters. The van der Waals surface area contributed by atoms with Gasteiger partial charge in [0.2, 0.25) is 5.91 Å². The van der Waals surface area contributed by atoms with Gasteiger partial charge in [0.1, 0.15) is 10.9 Å². The summed E-state index contributed by atoms with van der Waals surface area (Å²) in [5, 5.41) is 28.0. The Morgan fingerprint density at radius 2 is 1.44 bits per heavy atom. The fourth-order valence-corrected chi connectivity index (χ4v) is 5.94. The van der Waals surface area contributed by atoms with Crippen molar-refractivity contribution in [1.82, 2.24) is 5.32 Å². The molecule has 0 saturated heterocycles. The fourth-order valence-electron chi connectivity index (χ4n) is 4.66. The number of carbonyl (C=O) groups is 4. The van der Waals surface area contributed by atoms with Gasteiger partial charge in [-0.1, -0.05) is 66.2 Å². The number of aromatic carboxylic acids is 1. The summed E-state index contributed by atoms with van der Waals surface area (Å²) < 4.78 is 0. The smallest absolute Gasteiger partial charge is 0.337 e. The highest BCUT2D eigenvalue weighted by Gasteiger charge is 2.24. The van der Waals surface area contributed by atoms with Gasteiger partial charge in [-0.25, -0.2) is 4.79 Å². The SMILES string of the molecule is O=C(Nc1cccc(SC(C(=O)Nc2ccc(Cl)c(C(=O)O)c2)c2ccccc2)c1)/C(=C\c1ccc([N+](=O)[O-])cc1)NC(=O)c1ccccc1. The average molecular weight is 707 g/mol. The third kappa shape index (κ3) is 9.22. The molecule has 3 amide bonds. The molecular formula is C37H27ClN4O7S. The summed E-state index contributed by atoms with van der Waals surface area (Å²) in [7, 11) is 0. The zero-order chi connectivity index (χ0) is 35.6. The minimum atomic E-state index is -1.23. The van der Waals surface area contributed by atoms with Crippen LogP contribution in [-0.4, -0.2) is 33.7 Å². The van der Waals surface area contributed by atoms with Gasteiger partial charge in [-0.2, -0.15) is 0 Å². The molecule has 0 bridgehead atoms. The van der Waals surface area contributed by atoms with Crippen molar-refractivity contribution >= 4 is 70.2 Å². The standard InChI is InChI=1S/C37H27ClN4O7S/c38-31-19-16-27(22-30(31)37(46)47)40-36(45)33(24-8-3-1-4-9-24)50-29-13-7-12-26(21-29)39-35(44)32(41-34(43)25-10-5-2-6-11-25)20-23-14-17-28(18-15-23)42(48)49/h1-22,33H,(H,39,44)(H,40,45)(H,41,43)(H,46,47)/b32-20+. The normalized spacial score (nSPS) is 11.6. The highest BCUT2D eigenvalue weighted by molar-refractivity contribution is 8.00. The monoisotopic (exact) mass is 706 g/mol. The predicted octanol–water partition coefficient (Wildman–Crippen LogP) is 7.83. The van der Waals surface area contributed by atoms with Crippen LogP contribution in [0.2, 0.25) is 5.02 Å². The Morgan fingerprint density at radius 3 is 2.10 bits per heavy atom. The molecule has 13 heteroatoms. The van der Waals surface area contributed by atoms with E-state index in [0.29, 0.717) is 27.3 Å². The van der Waals surface area contributed by atoms with E-state index in [1.54, 1.807) is 78.9 Å². The van der Waals surface area contributed by atoms with Gasteiger partial charge < -0.3 is 21.1 Å². The van der Waals surface area contributed by atoms with E-state index < -0.39 is 33.9 Å². The average Bonchev–Trinajstić information content (AvgIpc) is 3.12. The third-order valence-corrected chi connectivity index (χ3v) is 8.67. The quantitative estimate of drug-likeness (QED) is 0.0441. The van der Waals surface area contributed by atoms with Gasteiger partial charge in [0.05, 0.1) is 15.5 Å². The second kappa shape index (κ2) is 16.2. The summed E-state index contributed by atoms with van der Waals surface area (Å²) >= 11 is 7.20. The first-order valence-corrected chi connectivity index (χ1v) is 16.1. The maximum atomic E-state index is 13.6. The Bertz CT molecular complexity index is 2090. The van der Waals surface area contributed by atoms with Crippen molar-refractivity contribution in [3.05, 3.63) is 170 Å². The number of rotatable bonds is 12. The van der Waals surface area contributed by atoms with E-state index in [4.69, 9.17) is 11.6 Å². The van der Waals surface area contributed by atoms with Crippen molar-refractivity contribution in [3.63, 3.8) is 0 Å². The number of benzene rings is 5. The number of anilines is 2. The zero-order valence-corrected chi connectivity index (χ0v) is 27.5. The Balaban J connectivity index is 1.39. The first kappa shape index (κ1) is 35.1. The lowest BCUT2D eigenvalue weighted by molar-refractivity contribution is -0.384. The molecule has 0 radical (unpaired) electrons. The van der Waals surface area contributed by atoms with Crippen molar-refractivity contribution < 1.29 is 29.2 Å². The number of thioether (sulfide) groups is 1. The number of halogens is 1. The fraction of sp³-hybridized carbons (Fsp3) is 0.0270. The largest absolute Gasteiger partial charge is 0.478 e. The van der Waals surface area contributed by atoms with Crippen LogP contribution in [0.15, 0.2) is 138 Å². The van der Waals surface area contributed by atoms with E-state index in [9.17, 15) is 34.4 Å². The van der Waals surface area contributed by atoms with Gasteiger partial charge in [-0.15, -0.1) is 11.8 Å². The maximum Gasteiger partial charge on any atom is 0.337 e. The van der Waals surface area contributed by atoms with E-state index >= 15 is 0 Å². The molecule has 0 heterocycles. The Kier molecular flexibility index (Phi) is 11.4. The van der Waals surface area contributed by atoms with E-state index in [0.717, 1.165) is 0 Å². The lowest BCUT2D eigenvalue weighted by Gasteiger charge is -2.18. The molecule has 0 aromatic heterocycles. The number of nitro benzene ring substituents is 1. The molecule has 250 valence electrons. The maximum absolute atomic E-state index is 13.6. The van der Waals surface area contributed by atoms with Crippen LogP contribution in [0.3, 0.4) is 0 Å². The van der Waals surface area contributed by atoms with Crippen LogP contribution in [0.1, 0.15) is 37.1 Å². The first-order chi connectivity index (χ1) is 24.1. The van der Waals surface area contributed by atoms with Crippen LogP contribution in [0.25, 0.3) is 6.08 Å². The summed E-state index contributed by atoms with van der Waals surface area (Å²) in [6, 6.07) is 33.7. The van der Waals surface area contributed by atoms with Crippen LogP contribution in [0.4, 0.5) is 17.1 Å². The van der Waals surface area contributed by atoms with Gasteiger partial charge in [-0.05, 0) is 77.9 Å². The van der Waals surface area contributed by atoms with Crippen molar-refractivity contribution in [1.29, 1.82) is 0 Å². The minimum absolute atomic E-state index is 0.0359. The number of nitrogens with one attached hydrogen (secondary N) is 3. The number of carbonyl (C=O) groups excluding carboxylic acids is 3. The molecule has 0 fully saturated rings. The Hall–Kier alpha value is -6.24. The lowest BCUT2D eigenvalue weighted by Crippen LogP contribution is -2.30. The summed E-state index contributed by atoms with van der Waals surface area (Å²) in [4.78, 5) is 63.0. The summed E-state index contributed by atoms with van der Waals surface area (Å²) in [6.45, 7) is 0. The molecule has 0 saturated carbocycles. The number of non-ortho nitro benzene ring substituents is 1. The van der Waals surface area contributed by atoms with Crippen LogP contribution < -0.4 is 16.0 Å². The molecule has 0 aliphatic rings. The summed E-state index contributed by atoms with van der Waals surface area (Å²) in [5.41, 5.74) is 1.64. The summed E-state index contributed by atoms with van der Waals surface area (Å²) in [5.74, 6) is -2.86. The first-order valence-electron chi connectivity index (χ1n) is 14.9. The van der Waals surface area contributed by atoms with E-state index in [1.807, 2.05) is 6.07 Å². The number of nitrogens with zero attached hydrogens (tertiary/aromatic N) is 1. The van der Waals surface area contributed by atoms with Gasteiger partial charge in [0.25, 0.3) is 17.5 Å². The van der Waals surface area contributed by atoms with Crippen molar-refractivity contribution in [2.75, 3.05) is 10.6 Å². The second-order valence-electron chi connectivity index (χ2n) is 10.6. The molecule has 0 spiro atoms. The predicted molar refractivity (Wildman–Crippen MR) is 192 cm³/mol. The Morgan fingerprint density at radius 1 is 0.780 bits per heavy atom.